The molecule has 1 aromatic rings. The van der Waals surface area contributed by atoms with Gasteiger partial charge >= 0.3 is 6.18 Å². The minimum Gasteiger partial charge on any atom is -0.387 e. The van der Waals surface area contributed by atoms with Gasteiger partial charge in [0.25, 0.3) is 0 Å². The molecule has 0 saturated carbocycles. The summed E-state index contributed by atoms with van der Waals surface area (Å²) in [5.74, 6) is 2.24. The zero-order valence-corrected chi connectivity index (χ0v) is 11.8. The Balaban J connectivity index is 1.87. The van der Waals surface area contributed by atoms with E-state index < -0.39 is 17.8 Å². The highest BCUT2D eigenvalue weighted by Gasteiger charge is 2.30. The zero-order chi connectivity index (χ0) is 14.6. The molecule has 1 aliphatic rings. The fraction of sp³-hybridized carbons (Fsp3) is 0.571. The number of hydrogen-bond donors (Lipinski definition) is 2. The molecule has 1 aromatic carbocycles. The molecule has 0 bridgehead atoms. The van der Waals surface area contributed by atoms with Gasteiger partial charge < -0.3 is 10.4 Å². The van der Waals surface area contributed by atoms with Crippen LogP contribution in [0, 0.1) is 0 Å². The standard InChI is InChI=1S/C14H18F3NOS/c15-14(16,17)11-3-1-10(2-4-11)13(19)9-18-12-5-7-20-8-6-12/h1-4,12-13,18-19H,5-9H2. The van der Waals surface area contributed by atoms with Gasteiger partial charge in [0.2, 0.25) is 0 Å². The number of rotatable bonds is 4. The Bertz CT molecular complexity index is 415. The molecular weight excluding hydrogens is 287 g/mol. The number of hydrogen-bond acceptors (Lipinski definition) is 3. The predicted molar refractivity (Wildman–Crippen MR) is 74.8 cm³/mol. The van der Waals surface area contributed by atoms with Crippen LogP contribution in [0.4, 0.5) is 13.2 Å². The fourth-order valence-corrected chi connectivity index (χ4v) is 3.30. The number of aliphatic hydroxyl groups excluding tert-OH is 1. The summed E-state index contributed by atoms with van der Waals surface area (Å²) >= 11 is 1.92. The summed E-state index contributed by atoms with van der Waals surface area (Å²) in [7, 11) is 0. The van der Waals surface area contributed by atoms with Crippen LogP contribution in [0.2, 0.25) is 0 Å². The highest BCUT2D eigenvalue weighted by molar-refractivity contribution is 7.99. The molecule has 0 amide bonds. The fourth-order valence-electron chi connectivity index (χ4n) is 2.19. The SMILES string of the molecule is OC(CNC1CCSCC1)c1ccc(C(F)(F)F)cc1. The molecule has 2 nitrogen and oxygen atoms in total. The number of thioether (sulfide) groups is 1. The Morgan fingerprint density at radius 2 is 1.80 bits per heavy atom. The largest absolute Gasteiger partial charge is 0.416 e. The van der Waals surface area contributed by atoms with E-state index in [1.165, 1.54) is 12.1 Å². The Morgan fingerprint density at radius 1 is 1.20 bits per heavy atom. The van der Waals surface area contributed by atoms with E-state index in [-0.39, 0.29) is 0 Å². The molecule has 0 spiro atoms. The molecule has 1 heterocycles. The van der Waals surface area contributed by atoms with Gasteiger partial charge in [-0.25, -0.2) is 0 Å². The lowest BCUT2D eigenvalue weighted by atomic mass is 10.1. The van der Waals surface area contributed by atoms with E-state index >= 15 is 0 Å². The van der Waals surface area contributed by atoms with Gasteiger partial charge in [-0.1, -0.05) is 12.1 Å². The number of aliphatic hydroxyl groups is 1. The molecule has 0 radical (unpaired) electrons. The van der Waals surface area contributed by atoms with Gasteiger partial charge in [0, 0.05) is 12.6 Å². The van der Waals surface area contributed by atoms with Crippen molar-refractivity contribution in [3.05, 3.63) is 35.4 Å². The Morgan fingerprint density at radius 3 is 2.35 bits per heavy atom. The molecular formula is C14H18F3NOS. The minimum atomic E-state index is -4.33. The van der Waals surface area contributed by atoms with Crippen molar-refractivity contribution < 1.29 is 18.3 Å². The van der Waals surface area contributed by atoms with Crippen molar-refractivity contribution in [3.63, 3.8) is 0 Å². The van der Waals surface area contributed by atoms with Crippen molar-refractivity contribution in [2.24, 2.45) is 0 Å². The Hall–Kier alpha value is -0.720. The average molecular weight is 305 g/mol. The molecule has 2 N–H and O–H groups in total. The number of nitrogens with one attached hydrogen (secondary N) is 1. The second-order valence-electron chi connectivity index (χ2n) is 4.93. The lowest BCUT2D eigenvalue weighted by Gasteiger charge is -2.24. The maximum atomic E-state index is 12.4. The first-order valence-electron chi connectivity index (χ1n) is 6.63. The third-order valence-corrected chi connectivity index (χ3v) is 4.49. The van der Waals surface area contributed by atoms with Crippen LogP contribution in [0.3, 0.4) is 0 Å². The molecule has 0 aliphatic carbocycles. The molecule has 2 rings (SSSR count). The molecule has 0 aromatic heterocycles. The van der Waals surface area contributed by atoms with E-state index in [0.717, 1.165) is 36.5 Å². The van der Waals surface area contributed by atoms with Gasteiger partial charge in [0.05, 0.1) is 11.7 Å². The monoisotopic (exact) mass is 305 g/mol. The molecule has 112 valence electrons. The summed E-state index contributed by atoms with van der Waals surface area (Å²) in [5, 5.41) is 13.3. The smallest absolute Gasteiger partial charge is 0.387 e. The summed E-state index contributed by atoms with van der Waals surface area (Å²) < 4.78 is 37.3. The van der Waals surface area contributed by atoms with Crippen molar-refractivity contribution in [2.45, 2.75) is 31.2 Å². The summed E-state index contributed by atoms with van der Waals surface area (Å²) in [4.78, 5) is 0. The third kappa shape index (κ3) is 4.40. The number of halogens is 3. The van der Waals surface area contributed by atoms with E-state index in [1.54, 1.807) is 0 Å². The van der Waals surface area contributed by atoms with E-state index in [2.05, 4.69) is 5.32 Å². The first-order chi connectivity index (χ1) is 9.47. The molecule has 1 unspecified atom stereocenters. The quantitative estimate of drug-likeness (QED) is 0.896. The second-order valence-corrected chi connectivity index (χ2v) is 6.16. The maximum Gasteiger partial charge on any atom is 0.416 e. The van der Waals surface area contributed by atoms with Gasteiger partial charge in [0.1, 0.15) is 0 Å². The molecule has 1 fully saturated rings. The first kappa shape index (κ1) is 15.7. The van der Waals surface area contributed by atoms with Crippen LogP contribution >= 0.6 is 11.8 Å². The normalized spacial score (nSPS) is 19.0. The van der Waals surface area contributed by atoms with Gasteiger partial charge in [-0.2, -0.15) is 24.9 Å². The van der Waals surface area contributed by atoms with Crippen LogP contribution in [0.1, 0.15) is 30.1 Å². The maximum absolute atomic E-state index is 12.4. The molecule has 6 heteroatoms. The summed E-state index contributed by atoms with van der Waals surface area (Å²) in [5.41, 5.74) is -0.179. The molecule has 1 atom stereocenters. The molecule has 1 aliphatic heterocycles. The van der Waals surface area contributed by atoms with Crippen LogP contribution in [0.5, 0.6) is 0 Å². The van der Waals surface area contributed by atoms with Crippen molar-refractivity contribution in [2.75, 3.05) is 18.1 Å². The highest BCUT2D eigenvalue weighted by atomic mass is 32.2. The van der Waals surface area contributed by atoms with Crippen LogP contribution in [0.15, 0.2) is 24.3 Å². The topological polar surface area (TPSA) is 32.3 Å². The van der Waals surface area contributed by atoms with Crippen molar-refractivity contribution in [1.82, 2.24) is 5.32 Å². The predicted octanol–water partition coefficient (Wildman–Crippen LogP) is 3.22. The van der Waals surface area contributed by atoms with Gasteiger partial charge in [-0.05, 0) is 42.0 Å². The van der Waals surface area contributed by atoms with Gasteiger partial charge in [0.15, 0.2) is 0 Å². The van der Waals surface area contributed by atoms with Crippen molar-refractivity contribution in [1.29, 1.82) is 0 Å². The van der Waals surface area contributed by atoms with E-state index in [9.17, 15) is 18.3 Å². The van der Waals surface area contributed by atoms with Crippen molar-refractivity contribution >= 4 is 11.8 Å². The van der Waals surface area contributed by atoms with Crippen LogP contribution < -0.4 is 5.32 Å². The summed E-state index contributed by atoms with van der Waals surface area (Å²) in [6, 6.07) is 5.10. The van der Waals surface area contributed by atoms with E-state index in [0.29, 0.717) is 18.2 Å². The summed E-state index contributed by atoms with van der Waals surface area (Å²) in [6.07, 6.45) is -2.96. The van der Waals surface area contributed by atoms with E-state index in [4.69, 9.17) is 0 Å². The number of benzene rings is 1. The second kappa shape index (κ2) is 6.83. The van der Waals surface area contributed by atoms with Gasteiger partial charge in [-0.3, -0.25) is 0 Å². The summed E-state index contributed by atoms with van der Waals surface area (Å²) in [6.45, 7) is 0.376. The minimum absolute atomic E-state index is 0.376. The third-order valence-electron chi connectivity index (χ3n) is 3.44. The Labute approximate surface area is 120 Å². The number of alkyl halides is 3. The highest BCUT2D eigenvalue weighted by Crippen LogP contribution is 2.29. The van der Waals surface area contributed by atoms with Crippen LogP contribution in [-0.4, -0.2) is 29.2 Å². The van der Waals surface area contributed by atoms with Gasteiger partial charge in [-0.15, -0.1) is 0 Å². The Kier molecular flexibility index (Phi) is 5.35. The van der Waals surface area contributed by atoms with E-state index in [1.807, 2.05) is 11.8 Å². The average Bonchev–Trinajstić information content (AvgIpc) is 2.45. The van der Waals surface area contributed by atoms with Crippen LogP contribution in [-0.2, 0) is 6.18 Å². The lowest BCUT2D eigenvalue weighted by Crippen LogP contribution is -2.35. The first-order valence-corrected chi connectivity index (χ1v) is 7.78. The molecule has 20 heavy (non-hydrogen) atoms. The zero-order valence-electron chi connectivity index (χ0n) is 11.0. The molecule has 1 saturated heterocycles. The lowest BCUT2D eigenvalue weighted by molar-refractivity contribution is -0.137. The van der Waals surface area contributed by atoms with Crippen LogP contribution in [0.25, 0.3) is 0 Å². The van der Waals surface area contributed by atoms with Crippen molar-refractivity contribution in [3.8, 4) is 0 Å².